The van der Waals surface area contributed by atoms with Gasteiger partial charge in [-0.25, -0.2) is 0 Å². The second-order valence-electron chi connectivity index (χ2n) is 6.04. The van der Waals surface area contributed by atoms with Gasteiger partial charge in [-0.1, -0.05) is 53.7 Å². The van der Waals surface area contributed by atoms with E-state index in [9.17, 15) is 4.79 Å². The van der Waals surface area contributed by atoms with Crippen LogP contribution in [0.5, 0.6) is 0 Å². The molecule has 134 valence electrons. The quantitative estimate of drug-likeness (QED) is 0.657. The van der Waals surface area contributed by atoms with Crippen LogP contribution in [0.25, 0.3) is 11.4 Å². The third-order valence-electron chi connectivity index (χ3n) is 4.00. The van der Waals surface area contributed by atoms with E-state index in [-0.39, 0.29) is 11.2 Å². The number of hydrogen-bond donors (Lipinski definition) is 1. The van der Waals surface area contributed by atoms with Gasteiger partial charge in [-0.05, 0) is 39.0 Å². The number of anilines is 1. The van der Waals surface area contributed by atoms with Crippen molar-refractivity contribution in [3.05, 3.63) is 60.2 Å². The Morgan fingerprint density at radius 2 is 1.92 bits per heavy atom. The molecule has 0 radical (unpaired) electrons. The van der Waals surface area contributed by atoms with Crippen LogP contribution in [0, 0.1) is 6.92 Å². The molecule has 6 heteroatoms. The van der Waals surface area contributed by atoms with E-state index in [1.807, 2.05) is 54.0 Å². The van der Waals surface area contributed by atoms with Gasteiger partial charge in [0.25, 0.3) is 0 Å². The van der Waals surface area contributed by atoms with Gasteiger partial charge >= 0.3 is 0 Å². The molecule has 0 saturated carbocycles. The third-order valence-corrected chi connectivity index (χ3v) is 5.08. The summed E-state index contributed by atoms with van der Waals surface area (Å²) in [4.78, 5) is 12.4. The number of aromatic nitrogens is 3. The molecule has 1 heterocycles. The molecule has 1 N–H and O–H groups in total. The number of thioether (sulfide) groups is 1. The molecule has 1 aromatic heterocycles. The molecule has 1 atom stereocenters. The number of benzene rings is 2. The van der Waals surface area contributed by atoms with Crippen molar-refractivity contribution < 1.29 is 4.79 Å². The predicted molar refractivity (Wildman–Crippen MR) is 106 cm³/mol. The van der Waals surface area contributed by atoms with Crippen LogP contribution >= 0.6 is 11.8 Å². The van der Waals surface area contributed by atoms with Crippen molar-refractivity contribution in [1.29, 1.82) is 0 Å². The lowest BCUT2D eigenvalue weighted by Crippen LogP contribution is -2.22. The zero-order valence-electron chi connectivity index (χ0n) is 15.1. The van der Waals surface area contributed by atoms with Gasteiger partial charge in [0.2, 0.25) is 5.91 Å². The molecule has 0 bridgehead atoms. The lowest BCUT2D eigenvalue weighted by Gasteiger charge is -2.13. The Bertz CT molecular complexity index is 892. The van der Waals surface area contributed by atoms with Crippen molar-refractivity contribution in [3.8, 4) is 11.4 Å². The Labute approximate surface area is 157 Å². The average molecular weight is 366 g/mol. The Balaban J connectivity index is 1.76. The molecule has 3 rings (SSSR count). The SMILES string of the molecule is CCn1c(S[C@H](C)C(=O)Nc2ccccc2)nnc1-c1cccc(C)c1. The zero-order valence-corrected chi connectivity index (χ0v) is 16.0. The van der Waals surface area contributed by atoms with E-state index in [1.54, 1.807) is 0 Å². The highest BCUT2D eigenvalue weighted by Crippen LogP contribution is 2.27. The average Bonchev–Trinajstić information content (AvgIpc) is 3.05. The molecule has 26 heavy (non-hydrogen) atoms. The largest absolute Gasteiger partial charge is 0.325 e. The van der Waals surface area contributed by atoms with Crippen molar-refractivity contribution >= 4 is 23.4 Å². The minimum absolute atomic E-state index is 0.0519. The highest BCUT2D eigenvalue weighted by molar-refractivity contribution is 8.00. The number of nitrogens with one attached hydrogen (secondary N) is 1. The molecular formula is C20H22N4OS. The van der Waals surface area contributed by atoms with E-state index in [0.29, 0.717) is 0 Å². The lowest BCUT2D eigenvalue weighted by molar-refractivity contribution is -0.115. The topological polar surface area (TPSA) is 59.8 Å². The zero-order chi connectivity index (χ0) is 18.5. The fourth-order valence-corrected chi connectivity index (χ4v) is 3.55. The van der Waals surface area contributed by atoms with Crippen molar-refractivity contribution in [2.45, 2.75) is 37.7 Å². The van der Waals surface area contributed by atoms with Crippen molar-refractivity contribution in [2.24, 2.45) is 0 Å². The highest BCUT2D eigenvalue weighted by Gasteiger charge is 2.20. The summed E-state index contributed by atoms with van der Waals surface area (Å²) in [6.45, 7) is 6.73. The lowest BCUT2D eigenvalue weighted by atomic mass is 10.1. The van der Waals surface area contributed by atoms with Crippen LogP contribution in [0.4, 0.5) is 5.69 Å². The fraction of sp³-hybridized carbons (Fsp3) is 0.250. The van der Waals surface area contributed by atoms with Crippen LogP contribution in [0.15, 0.2) is 59.8 Å². The molecule has 0 spiro atoms. The Hall–Kier alpha value is -2.60. The normalized spacial score (nSPS) is 12.0. The smallest absolute Gasteiger partial charge is 0.237 e. The number of aryl methyl sites for hydroxylation is 1. The molecule has 0 aliphatic heterocycles. The first-order chi connectivity index (χ1) is 12.6. The summed E-state index contributed by atoms with van der Waals surface area (Å²) in [6, 6.07) is 17.7. The fourth-order valence-electron chi connectivity index (χ4n) is 2.64. The van der Waals surface area contributed by atoms with Crippen LogP contribution in [0.3, 0.4) is 0 Å². The highest BCUT2D eigenvalue weighted by atomic mass is 32.2. The van der Waals surface area contributed by atoms with Gasteiger partial charge in [0, 0.05) is 17.8 Å². The van der Waals surface area contributed by atoms with Gasteiger partial charge in [0.05, 0.1) is 5.25 Å². The number of para-hydroxylation sites is 1. The van der Waals surface area contributed by atoms with Gasteiger partial charge in [0.1, 0.15) is 0 Å². The number of amides is 1. The van der Waals surface area contributed by atoms with E-state index < -0.39 is 0 Å². The van der Waals surface area contributed by atoms with E-state index in [4.69, 9.17) is 0 Å². The van der Waals surface area contributed by atoms with Gasteiger partial charge in [0.15, 0.2) is 11.0 Å². The van der Waals surface area contributed by atoms with Crippen molar-refractivity contribution in [2.75, 3.05) is 5.32 Å². The maximum absolute atomic E-state index is 12.4. The molecule has 0 aliphatic carbocycles. The first-order valence-electron chi connectivity index (χ1n) is 8.61. The summed E-state index contributed by atoms with van der Waals surface area (Å²) >= 11 is 1.42. The summed E-state index contributed by atoms with van der Waals surface area (Å²) in [5.41, 5.74) is 3.01. The first kappa shape index (κ1) is 18.2. The maximum Gasteiger partial charge on any atom is 0.237 e. The van der Waals surface area contributed by atoms with Gasteiger partial charge < -0.3 is 9.88 Å². The standard InChI is InChI=1S/C20H22N4OS/c1-4-24-18(16-10-8-9-14(2)13-16)22-23-20(24)26-15(3)19(25)21-17-11-6-5-7-12-17/h5-13,15H,4H2,1-3H3,(H,21,25)/t15-/m1/s1. The van der Waals surface area contributed by atoms with Gasteiger partial charge in [-0.3, -0.25) is 4.79 Å². The number of rotatable bonds is 6. The van der Waals surface area contributed by atoms with E-state index in [1.165, 1.54) is 17.3 Å². The number of carbonyl (C=O) groups excluding carboxylic acids is 1. The maximum atomic E-state index is 12.4. The summed E-state index contributed by atoms with van der Waals surface area (Å²) in [7, 11) is 0. The van der Waals surface area contributed by atoms with E-state index in [2.05, 4.69) is 41.5 Å². The second kappa shape index (κ2) is 8.19. The molecule has 1 amide bonds. The molecule has 0 fully saturated rings. The summed E-state index contributed by atoms with van der Waals surface area (Å²) < 4.78 is 2.05. The number of nitrogens with zero attached hydrogens (tertiary/aromatic N) is 3. The number of carbonyl (C=O) groups is 1. The molecular weight excluding hydrogens is 344 g/mol. The monoisotopic (exact) mass is 366 g/mol. The summed E-state index contributed by atoms with van der Waals surface area (Å²) in [5.74, 6) is 0.776. The minimum Gasteiger partial charge on any atom is -0.325 e. The Morgan fingerprint density at radius 3 is 2.62 bits per heavy atom. The van der Waals surface area contributed by atoms with Gasteiger partial charge in [-0.2, -0.15) is 0 Å². The molecule has 2 aromatic carbocycles. The molecule has 5 nitrogen and oxygen atoms in total. The van der Waals surface area contributed by atoms with Crippen molar-refractivity contribution in [1.82, 2.24) is 14.8 Å². The van der Waals surface area contributed by atoms with Crippen LogP contribution in [-0.2, 0) is 11.3 Å². The van der Waals surface area contributed by atoms with Crippen LogP contribution in [0.2, 0.25) is 0 Å². The number of hydrogen-bond acceptors (Lipinski definition) is 4. The Morgan fingerprint density at radius 1 is 1.15 bits per heavy atom. The third kappa shape index (κ3) is 4.14. The minimum atomic E-state index is -0.282. The van der Waals surface area contributed by atoms with Gasteiger partial charge in [-0.15, -0.1) is 10.2 Å². The van der Waals surface area contributed by atoms with Crippen LogP contribution in [0.1, 0.15) is 19.4 Å². The molecule has 3 aromatic rings. The molecule has 0 aliphatic rings. The van der Waals surface area contributed by atoms with Crippen molar-refractivity contribution in [3.63, 3.8) is 0 Å². The summed E-state index contributed by atoms with van der Waals surface area (Å²) in [6.07, 6.45) is 0. The Kier molecular flexibility index (Phi) is 5.73. The second-order valence-corrected chi connectivity index (χ2v) is 7.34. The summed E-state index contributed by atoms with van der Waals surface area (Å²) in [5, 5.41) is 12.1. The van der Waals surface area contributed by atoms with Crippen LogP contribution < -0.4 is 5.32 Å². The van der Waals surface area contributed by atoms with E-state index in [0.717, 1.165) is 28.8 Å². The molecule has 0 unspecified atom stereocenters. The first-order valence-corrected chi connectivity index (χ1v) is 9.49. The van der Waals surface area contributed by atoms with Crippen LogP contribution in [-0.4, -0.2) is 25.9 Å². The van der Waals surface area contributed by atoms with E-state index >= 15 is 0 Å². The predicted octanol–water partition coefficient (Wildman–Crippen LogP) is 4.39. The molecule has 0 saturated heterocycles.